The average molecular weight is 224 g/mol. The quantitative estimate of drug-likeness (QED) is 0.131. The highest BCUT2D eigenvalue weighted by Crippen LogP contribution is 2.06. The normalized spacial score (nSPS) is 11.6. The lowest BCUT2D eigenvalue weighted by Crippen LogP contribution is -2.10. The number of nitrogens with zero attached hydrogens (tertiary/aromatic N) is 3. The smallest absolute Gasteiger partial charge is 0.1000 e. The first kappa shape index (κ1) is 7.58. The molecule has 0 radical (unpaired) electrons. The van der Waals surface area contributed by atoms with Crippen LogP contribution in [0.15, 0.2) is 17.5 Å². The predicted octanol–water partition coefficient (Wildman–Crippen LogP) is 0.932. The van der Waals surface area contributed by atoms with E-state index in [2.05, 4.69) is 16.6 Å². The molecule has 44 valence electrons. The van der Waals surface area contributed by atoms with Gasteiger partial charge in [-0.15, -0.1) is 12.3 Å². The standard InChI is InChI=1S/C3H4IN3O/c1-2(8)3(4)6-7-5/h3,8H,1H2/p-1. The van der Waals surface area contributed by atoms with Crippen LogP contribution in [0.25, 0.3) is 10.4 Å². The second-order valence-corrected chi connectivity index (χ2v) is 2.19. The Labute approximate surface area is 60.0 Å². The Morgan fingerprint density at radius 3 is 2.62 bits per heavy atom. The fourth-order valence-electron chi connectivity index (χ4n) is 0.110. The summed E-state index contributed by atoms with van der Waals surface area (Å²) in [6, 6.07) is 0. The Bertz CT molecular complexity index is 137. The van der Waals surface area contributed by atoms with Gasteiger partial charge < -0.3 is 5.11 Å². The number of hydrogen-bond acceptors (Lipinski definition) is 2. The van der Waals surface area contributed by atoms with E-state index in [4.69, 9.17) is 5.53 Å². The minimum absolute atomic E-state index is 0.372. The van der Waals surface area contributed by atoms with Crippen molar-refractivity contribution in [1.82, 2.24) is 0 Å². The van der Waals surface area contributed by atoms with Crippen LogP contribution >= 0.6 is 22.6 Å². The molecule has 0 saturated carbocycles. The van der Waals surface area contributed by atoms with Gasteiger partial charge in [-0.3, -0.25) is 0 Å². The van der Waals surface area contributed by atoms with Crippen molar-refractivity contribution in [3.8, 4) is 0 Å². The molecule has 0 heterocycles. The highest BCUT2D eigenvalue weighted by molar-refractivity contribution is 14.1. The molecule has 0 spiro atoms. The van der Waals surface area contributed by atoms with Gasteiger partial charge in [-0.1, -0.05) is 27.7 Å². The Hall–Kier alpha value is -0.420. The van der Waals surface area contributed by atoms with Gasteiger partial charge in [0.15, 0.2) is 0 Å². The second-order valence-electron chi connectivity index (χ2n) is 1.01. The Kier molecular flexibility index (Phi) is 3.38. The third-order valence-electron chi connectivity index (χ3n) is 0.419. The minimum atomic E-state index is -0.655. The zero-order valence-electron chi connectivity index (χ0n) is 3.91. The Morgan fingerprint density at radius 2 is 2.50 bits per heavy atom. The molecule has 1 atom stereocenters. The van der Waals surface area contributed by atoms with Gasteiger partial charge >= 0.3 is 0 Å². The van der Waals surface area contributed by atoms with E-state index < -0.39 is 4.05 Å². The molecule has 1 unspecified atom stereocenters. The third kappa shape index (κ3) is 2.70. The van der Waals surface area contributed by atoms with Crippen molar-refractivity contribution in [3.05, 3.63) is 22.8 Å². The van der Waals surface area contributed by atoms with E-state index in [1.807, 2.05) is 0 Å². The number of rotatable bonds is 2. The molecule has 0 aromatic rings. The maximum Gasteiger partial charge on any atom is 0.1000 e. The van der Waals surface area contributed by atoms with Gasteiger partial charge in [-0.25, -0.2) is 0 Å². The lowest BCUT2D eigenvalue weighted by atomic mass is 10.6. The van der Waals surface area contributed by atoms with Crippen LogP contribution in [-0.4, -0.2) is 4.05 Å². The fourth-order valence-corrected chi connectivity index (χ4v) is 0.221. The summed E-state index contributed by atoms with van der Waals surface area (Å²) in [6.45, 7) is 3.05. The van der Waals surface area contributed by atoms with Gasteiger partial charge in [-0.2, -0.15) is 0 Å². The maximum absolute atomic E-state index is 10.2. The maximum atomic E-state index is 10.2. The van der Waals surface area contributed by atoms with E-state index in [0.29, 0.717) is 0 Å². The summed E-state index contributed by atoms with van der Waals surface area (Å²) in [5.74, 6) is -0.372. The molecule has 0 aromatic carbocycles. The molecule has 0 saturated heterocycles. The van der Waals surface area contributed by atoms with Gasteiger partial charge in [0.25, 0.3) is 0 Å². The summed E-state index contributed by atoms with van der Waals surface area (Å²) >= 11 is 1.70. The van der Waals surface area contributed by atoms with Crippen LogP contribution in [0.2, 0.25) is 0 Å². The summed E-state index contributed by atoms with van der Waals surface area (Å²) in [5.41, 5.74) is 7.76. The fraction of sp³-hybridized carbons (Fsp3) is 0.333. The van der Waals surface area contributed by atoms with Crippen LogP contribution in [0.1, 0.15) is 0 Å². The summed E-state index contributed by atoms with van der Waals surface area (Å²) < 4.78 is -0.655. The lowest BCUT2D eigenvalue weighted by molar-refractivity contribution is -0.303. The molecular formula is C3H3IN3O-. The van der Waals surface area contributed by atoms with E-state index >= 15 is 0 Å². The van der Waals surface area contributed by atoms with Crippen LogP contribution in [0.4, 0.5) is 0 Å². The van der Waals surface area contributed by atoms with Gasteiger partial charge in [0.05, 0.1) is 4.05 Å². The second kappa shape index (κ2) is 3.57. The number of hydrogen-bond donors (Lipinski definition) is 0. The Balaban J connectivity index is 3.82. The SMILES string of the molecule is C=C([O-])C(I)N=[N+]=[N-]. The van der Waals surface area contributed by atoms with E-state index in [-0.39, 0.29) is 5.76 Å². The van der Waals surface area contributed by atoms with E-state index in [0.717, 1.165) is 0 Å². The van der Waals surface area contributed by atoms with Crippen molar-refractivity contribution >= 4 is 22.6 Å². The van der Waals surface area contributed by atoms with Gasteiger partial charge in [0, 0.05) is 4.91 Å². The average Bonchev–Trinajstić information content (AvgIpc) is 1.67. The first-order valence-corrected chi connectivity index (χ1v) is 2.97. The highest BCUT2D eigenvalue weighted by atomic mass is 127. The molecule has 5 heteroatoms. The van der Waals surface area contributed by atoms with Gasteiger partial charge in [0.1, 0.15) is 0 Å². The van der Waals surface area contributed by atoms with Crippen LogP contribution in [0, 0.1) is 0 Å². The van der Waals surface area contributed by atoms with Crippen LogP contribution in [0.3, 0.4) is 0 Å². The summed E-state index contributed by atoms with van der Waals surface area (Å²) in [6.07, 6.45) is 0. The van der Waals surface area contributed by atoms with Gasteiger partial charge in [0.2, 0.25) is 0 Å². The van der Waals surface area contributed by atoms with Crippen LogP contribution < -0.4 is 5.11 Å². The minimum Gasteiger partial charge on any atom is -0.875 e. The number of halogens is 1. The zero-order chi connectivity index (χ0) is 6.57. The topological polar surface area (TPSA) is 71.8 Å². The van der Waals surface area contributed by atoms with E-state index in [1.165, 1.54) is 0 Å². The molecule has 0 aliphatic carbocycles. The van der Waals surface area contributed by atoms with Crippen molar-refractivity contribution in [2.45, 2.75) is 4.05 Å². The largest absolute Gasteiger partial charge is 0.875 e. The molecule has 0 N–H and O–H groups in total. The lowest BCUT2D eigenvalue weighted by Gasteiger charge is -2.09. The van der Waals surface area contributed by atoms with Crippen LogP contribution in [0.5, 0.6) is 0 Å². The number of alkyl halides is 1. The highest BCUT2D eigenvalue weighted by Gasteiger charge is 1.91. The van der Waals surface area contributed by atoms with Crippen molar-refractivity contribution in [2.24, 2.45) is 5.11 Å². The number of azide groups is 1. The third-order valence-corrected chi connectivity index (χ3v) is 1.36. The first-order chi connectivity index (χ1) is 3.68. The molecule has 0 rings (SSSR count). The predicted molar refractivity (Wildman–Crippen MR) is 36.1 cm³/mol. The zero-order valence-corrected chi connectivity index (χ0v) is 6.07. The van der Waals surface area contributed by atoms with Crippen LogP contribution in [-0.2, 0) is 0 Å². The molecule has 0 aromatic heterocycles. The van der Waals surface area contributed by atoms with Crippen molar-refractivity contribution in [2.75, 3.05) is 0 Å². The molecule has 0 fully saturated rings. The monoisotopic (exact) mass is 224 g/mol. The molecule has 0 bridgehead atoms. The molecule has 0 aliphatic heterocycles. The van der Waals surface area contributed by atoms with Gasteiger partial charge in [-0.05, 0) is 5.53 Å². The first-order valence-electron chi connectivity index (χ1n) is 1.72. The summed E-state index contributed by atoms with van der Waals surface area (Å²) in [5, 5.41) is 13.2. The summed E-state index contributed by atoms with van der Waals surface area (Å²) in [4.78, 5) is 2.41. The Morgan fingerprint density at radius 1 is 2.00 bits per heavy atom. The van der Waals surface area contributed by atoms with Crippen molar-refractivity contribution in [1.29, 1.82) is 0 Å². The molecular weight excluding hydrogens is 221 g/mol. The van der Waals surface area contributed by atoms with Crippen molar-refractivity contribution in [3.63, 3.8) is 0 Å². The molecule has 4 nitrogen and oxygen atoms in total. The van der Waals surface area contributed by atoms with Crippen molar-refractivity contribution < 1.29 is 5.11 Å². The van der Waals surface area contributed by atoms with E-state index in [9.17, 15) is 5.11 Å². The molecule has 0 amide bonds. The molecule has 0 aliphatic rings. The van der Waals surface area contributed by atoms with E-state index in [1.54, 1.807) is 22.6 Å². The summed E-state index contributed by atoms with van der Waals surface area (Å²) in [7, 11) is 0. The molecule has 8 heavy (non-hydrogen) atoms.